The molecule has 0 fully saturated rings. The molecule has 0 aliphatic rings. The molecule has 0 aromatic heterocycles. The maximum absolute atomic E-state index is 10.1. The van der Waals surface area contributed by atoms with Crippen molar-refractivity contribution < 1.29 is 5.11 Å². The minimum absolute atomic E-state index is 0.821. The molecule has 0 aliphatic heterocycles. The smallest absolute Gasteiger partial charge is 0.148 e. The Bertz CT molecular complexity index is 402. The Morgan fingerprint density at radius 2 is 1.93 bits per heavy atom. The van der Waals surface area contributed by atoms with Gasteiger partial charge in [-0.25, -0.2) is 0 Å². The van der Waals surface area contributed by atoms with Crippen molar-refractivity contribution in [2.75, 3.05) is 0 Å². The van der Waals surface area contributed by atoms with Gasteiger partial charge in [0, 0.05) is 0 Å². The SMILES string of the molecule is CC=C(C)C#CC(C)(O)c1ccccc1. The topological polar surface area (TPSA) is 20.2 Å². The van der Waals surface area contributed by atoms with Crippen molar-refractivity contribution in [3.05, 3.63) is 47.5 Å². The standard InChI is InChI=1S/C14H16O/c1-4-12(2)10-11-14(3,15)13-8-6-5-7-9-13/h4-9,15H,1-3H3. The van der Waals surface area contributed by atoms with Gasteiger partial charge in [-0.2, -0.15) is 0 Å². The molecule has 1 N–H and O–H groups in total. The normalized spacial score (nSPS) is 15.1. The molecule has 0 saturated carbocycles. The second kappa shape index (κ2) is 4.82. The molecule has 0 saturated heterocycles. The Morgan fingerprint density at radius 3 is 2.47 bits per heavy atom. The molecule has 1 aromatic carbocycles. The van der Waals surface area contributed by atoms with Crippen LogP contribution in [0, 0.1) is 11.8 Å². The number of allylic oxidation sites excluding steroid dienone is 2. The minimum Gasteiger partial charge on any atom is -0.374 e. The zero-order valence-electron chi connectivity index (χ0n) is 9.41. The van der Waals surface area contributed by atoms with Crippen molar-refractivity contribution in [2.24, 2.45) is 0 Å². The molecule has 1 atom stereocenters. The third-order valence-corrected chi connectivity index (χ3v) is 2.27. The Labute approximate surface area is 91.5 Å². The van der Waals surface area contributed by atoms with E-state index in [0.717, 1.165) is 11.1 Å². The van der Waals surface area contributed by atoms with E-state index in [1.807, 2.05) is 50.3 Å². The van der Waals surface area contributed by atoms with Crippen molar-refractivity contribution in [3.8, 4) is 11.8 Å². The molecule has 15 heavy (non-hydrogen) atoms. The average molecular weight is 200 g/mol. The zero-order chi connectivity index (χ0) is 11.3. The van der Waals surface area contributed by atoms with Crippen molar-refractivity contribution in [2.45, 2.75) is 26.4 Å². The minimum atomic E-state index is -1.08. The third-order valence-electron chi connectivity index (χ3n) is 2.27. The number of rotatable bonds is 1. The first kappa shape index (κ1) is 11.6. The van der Waals surface area contributed by atoms with Crippen LogP contribution in [0.3, 0.4) is 0 Å². The summed E-state index contributed by atoms with van der Waals surface area (Å²) in [6.45, 7) is 5.56. The van der Waals surface area contributed by atoms with Gasteiger partial charge in [0.2, 0.25) is 0 Å². The summed E-state index contributed by atoms with van der Waals surface area (Å²) in [6.07, 6.45) is 1.92. The Hall–Kier alpha value is -1.52. The first-order valence-electron chi connectivity index (χ1n) is 5.00. The van der Waals surface area contributed by atoms with Crippen LogP contribution in [0.1, 0.15) is 26.3 Å². The second-order valence-electron chi connectivity index (χ2n) is 3.66. The molecule has 0 spiro atoms. The monoisotopic (exact) mass is 200 g/mol. The van der Waals surface area contributed by atoms with E-state index in [0.29, 0.717) is 0 Å². The van der Waals surface area contributed by atoms with E-state index >= 15 is 0 Å². The molecule has 0 bridgehead atoms. The molecule has 78 valence electrons. The molecule has 0 radical (unpaired) electrons. The van der Waals surface area contributed by atoms with Gasteiger partial charge in [0.05, 0.1) is 0 Å². The number of aliphatic hydroxyl groups is 1. The average Bonchev–Trinajstić information content (AvgIpc) is 2.27. The van der Waals surface area contributed by atoms with Crippen LogP contribution in [-0.2, 0) is 5.60 Å². The van der Waals surface area contributed by atoms with E-state index in [4.69, 9.17) is 0 Å². The van der Waals surface area contributed by atoms with Gasteiger partial charge in [0.25, 0.3) is 0 Å². The zero-order valence-corrected chi connectivity index (χ0v) is 9.41. The summed E-state index contributed by atoms with van der Waals surface area (Å²) < 4.78 is 0. The summed E-state index contributed by atoms with van der Waals surface area (Å²) in [6, 6.07) is 9.46. The van der Waals surface area contributed by atoms with E-state index in [-0.39, 0.29) is 0 Å². The summed E-state index contributed by atoms with van der Waals surface area (Å²) in [7, 11) is 0. The van der Waals surface area contributed by atoms with Crippen LogP contribution in [0.2, 0.25) is 0 Å². The van der Waals surface area contributed by atoms with Gasteiger partial charge in [0.15, 0.2) is 0 Å². The second-order valence-corrected chi connectivity index (χ2v) is 3.66. The molecule has 0 aliphatic carbocycles. The predicted molar refractivity (Wildman–Crippen MR) is 63.2 cm³/mol. The largest absolute Gasteiger partial charge is 0.374 e. The number of hydrogen-bond donors (Lipinski definition) is 1. The molecular formula is C14H16O. The van der Waals surface area contributed by atoms with E-state index in [1.165, 1.54) is 0 Å². The molecule has 1 unspecified atom stereocenters. The van der Waals surface area contributed by atoms with Gasteiger partial charge in [-0.05, 0) is 31.9 Å². The quantitative estimate of drug-likeness (QED) is 0.691. The third kappa shape index (κ3) is 3.27. The van der Waals surface area contributed by atoms with Crippen LogP contribution < -0.4 is 0 Å². The highest BCUT2D eigenvalue weighted by molar-refractivity contribution is 5.35. The van der Waals surface area contributed by atoms with Crippen LogP contribution in [-0.4, -0.2) is 5.11 Å². The number of benzene rings is 1. The Balaban J connectivity index is 2.97. The predicted octanol–water partition coefficient (Wildman–Crippen LogP) is 2.86. The van der Waals surface area contributed by atoms with Crippen molar-refractivity contribution in [1.29, 1.82) is 0 Å². The molecule has 1 heteroatoms. The van der Waals surface area contributed by atoms with Crippen LogP contribution in [0.15, 0.2) is 42.0 Å². The summed E-state index contributed by atoms with van der Waals surface area (Å²) in [5.41, 5.74) is 0.707. The maximum atomic E-state index is 10.1. The van der Waals surface area contributed by atoms with Crippen LogP contribution >= 0.6 is 0 Å². The maximum Gasteiger partial charge on any atom is 0.148 e. The van der Waals surface area contributed by atoms with Gasteiger partial charge in [-0.15, -0.1) is 0 Å². The van der Waals surface area contributed by atoms with E-state index < -0.39 is 5.60 Å². The lowest BCUT2D eigenvalue weighted by atomic mass is 9.96. The van der Waals surface area contributed by atoms with Crippen LogP contribution in [0.25, 0.3) is 0 Å². The van der Waals surface area contributed by atoms with E-state index in [1.54, 1.807) is 6.92 Å². The summed E-state index contributed by atoms with van der Waals surface area (Å²) in [4.78, 5) is 0. The molecule has 0 amide bonds. The first-order valence-corrected chi connectivity index (χ1v) is 5.00. The highest BCUT2D eigenvalue weighted by atomic mass is 16.3. The van der Waals surface area contributed by atoms with Crippen molar-refractivity contribution in [1.82, 2.24) is 0 Å². The lowest BCUT2D eigenvalue weighted by molar-refractivity contribution is 0.122. The summed E-state index contributed by atoms with van der Waals surface area (Å²) in [5, 5.41) is 10.1. The van der Waals surface area contributed by atoms with Gasteiger partial charge < -0.3 is 5.11 Å². The summed E-state index contributed by atoms with van der Waals surface area (Å²) in [5.74, 6) is 5.80. The Kier molecular flexibility index (Phi) is 3.71. The van der Waals surface area contributed by atoms with Gasteiger partial charge in [-0.3, -0.25) is 0 Å². The van der Waals surface area contributed by atoms with Crippen LogP contribution in [0.4, 0.5) is 0 Å². The van der Waals surface area contributed by atoms with Crippen molar-refractivity contribution in [3.63, 3.8) is 0 Å². The fourth-order valence-electron chi connectivity index (χ4n) is 1.13. The lowest BCUT2D eigenvalue weighted by Gasteiger charge is -2.16. The van der Waals surface area contributed by atoms with Crippen molar-refractivity contribution >= 4 is 0 Å². The van der Waals surface area contributed by atoms with E-state index in [9.17, 15) is 5.11 Å². The molecule has 1 aromatic rings. The molecule has 0 heterocycles. The highest BCUT2D eigenvalue weighted by Crippen LogP contribution is 2.18. The molecular weight excluding hydrogens is 184 g/mol. The number of hydrogen-bond acceptors (Lipinski definition) is 1. The lowest BCUT2D eigenvalue weighted by Crippen LogP contribution is -2.18. The van der Waals surface area contributed by atoms with Crippen LogP contribution in [0.5, 0.6) is 0 Å². The van der Waals surface area contributed by atoms with Gasteiger partial charge in [-0.1, -0.05) is 48.2 Å². The fraction of sp³-hybridized carbons (Fsp3) is 0.286. The van der Waals surface area contributed by atoms with Gasteiger partial charge in [0.1, 0.15) is 5.60 Å². The highest BCUT2D eigenvalue weighted by Gasteiger charge is 2.18. The first-order chi connectivity index (χ1) is 7.06. The van der Waals surface area contributed by atoms with Gasteiger partial charge >= 0.3 is 0 Å². The molecule has 1 nitrogen and oxygen atoms in total. The Morgan fingerprint density at radius 1 is 1.33 bits per heavy atom. The summed E-state index contributed by atoms with van der Waals surface area (Å²) >= 11 is 0. The van der Waals surface area contributed by atoms with E-state index in [2.05, 4.69) is 11.8 Å². The molecule has 1 rings (SSSR count). The fourth-order valence-corrected chi connectivity index (χ4v) is 1.13.